The van der Waals surface area contributed by atoms with Crippen LogP contribution in [-0.4, -0.2) is 27.7 Å². The van der Waals surface area contributed by atoms with Crippen LogP contribution in [0.5, 0.6) is 5.75 Å². The number of anilines is 1. The normalized spacial score (nSPS) is 11.0. The van der Waals surface area contributed by atoms with Gasteiger partial charge in [0.1, 0.15) is 5.75 Å². The average Bonchev–Trinajstić information content (AvgIpc) is 2.68. The van der Waals surface area contributed by atoms with Gasteiger partial charge in [-0.2, -0.15) is 0 Å². The number of methoxy groups -OCH3 is 1. The molecule has 0 unspecified atom stereocenters. The maximum absolute atomic E-state index is 12.6. The molecule has 1 N–H and O–H groups in total. The molecule has 0 aromatic heterocycles. The molecule has 27 heavy (non-hydrogen) atoms. The Morgan fingerprint density at radius 3 is 2.26 bits per heavy atom. The Bertz CT molecular complexity index is 1090. The van der Waals surface area contributed by atoms with E-state index in [9.17, 15) is 13.2 Å². The highest BCUT2D eigenvalue weighted by Crippen LogP contribution is 2.26. The van der Waals surface area contributed by atoms with E-state index in [0.717, 1.165) is 11.1 Å². The zero-order valence-electron chi connectivity index (χ0n) is 15.0. The summed E-state index contributed by atoms with van der Waals surface area (Å²) in [7, 11) is -1.76. The fraction of sp³-hybridized carbons (Fsp3) is 0.0952. The standard InChI is InChI=1S/C21H19NO4S/c1-26-20-12-4-3-11-19(20)22-21(23)17-9-5-7-15(13-17)16-8-6-10-18(14-16)27(2,24)25/h3-14H,1-2H3,(H,22,23). The Kier molecular flexibility index (Phi) is 5.28. The van der Waals surface area contributed by atoms with Gasteiger partial charge < -0.3 is 10.1 Å². The lowest BCUT2D eigenvalue weighted by molar-refractivity contribution is 0.102. The molecule has 138 valence electrons. The summed E-state index contributed by atoms with van der Waals surface area (Å²) in [5.74, 6) is 0.295. The molecule has 3 aromatic rings. The van der Waals surface area contributed by atoms with Gasteiger partial charge >= 0.3 is 0 Å². The molecule has 0 saturated heterocycles. The van der Waals surface area contributed by atoms with Crippen molar-refractivity contribution in [2.24, 2.45) is 0 Å². The number of amides is 1. The number of ether oxygens (including phenoxy) is 1. The predicted molar refractivity (Wildman–Crippen MR) is 106 cm³/mol. The van der Waals surface area contributed by atoms with Gasteiger partial charge in [0.2, 0.25) is 0 Å². The summed E-state index contributed by atoms with van der Waals surface area (Å²) in [4.78, 5) is 12.9. The number of hydrogen-bond donors (Lipinski definition) is 1. The summed E-state index contributed by atoms with van der Waals surface area (Å²) < 4.78 is 28.8. The number of rotatable bonds is 5. The van der Waals surface area contributed by atoms with Gasteiger partial charge in [0.25, 0.3) is 5.91 Å². The fourth-order valence-electron chi connectivity index (χ4n) is 2.69. The lowest BCUT2D eigenvalue weighted by atomic mass is 10.0. The van der Waals surface area contributed by atoms with E-state index < -0.39 is 9.84 Å². The molecule has 3 aromatic carbocycles. The Morgan fingerprint density at radius 2 is 1.56 bits per heavy atom. The van der Waals surface area contributed by atoms with Crippen LogP contribution in [0.3, 0.4) is 0 Å². The molecule has 0 aliphatic heterocycles. The second-order valence-electron chi connectivity index (χ2n) is 6.04. The van der Waals surface area contributed by atoms with Crippen LogP contribution < -0.4 is 10.1 Å². The molecule has 0 bridgehead atoms. The number of benzene rings is 3. The monoisotopic (exact) mass is 381 g/mol. The molecular formula is C21H19NO4S. The van der Waals surface area contributed by atoms with Crippen LogP contribution in [0, 0.1) is 0 Å². The van der Waals surface area contributed by atoms with E-state index in [4.69, 9.17) is 4.74 Å². The van der Waals surface area contributed by atoms with Gasteiger partial charge in [-0.05, 0) is 47.5 Å². The molecule has 0 radical (unpaired) electrons. The van der Waals surface area contributed by atoms with Gasteiger partial charge in [0.05, 0.1) is 17.7 Å². The second kappa shape index (κ2) is 7.63. The van der Waals surface area contributed by atoms with Gasteiger partial charge in [-0.3, -0.25) is 4.79 Å². The predicted octanol–water partition coefficient (Wildman–Crippen LogP) is 4.02. The van der Waals surface area contributed by atoms with E-state index in [1.54, 1.807) is 55.6 Å². The minimum Gasteiger partial charge on any atom is -0.495 e. The van der Waals surface area contributed by atoms with Crippen LogP contribution in [0.4, 0.5) is 5.69 Å². The number of carbonyl (C=O) groups is 1. The number of sulfone groups is 1. The van der Waals surface area contributed by atoms with Crippen LogP contribution in [0.2, 0.25) is 0 Å². The maximum atomic E-state index is 12.6. The first-order valence-corrected chi connectivity index (χ1v) is 10.1. The third-order valence-electron chi connectivity index (χ3n) is 4.08. The van der Waals surface area contributed by atoms with Crippen molar-refractivity contribution in [2.75, 3.05) is 18.7 Å². The topological polar surface area (TPSA) is 72.5 Å². The highest BCUT2D eigenvalue weighted by molar-refractivity contribution is 7.90. The molecular weight excluding hydrogens is 362 g/mol. The van der Waals surface area contributed by atoms with E-state index in [1.165, 1.54) is 6.26 Å². The van der Waals surface area contributed by atoms with Crippen LogP contribution in [0.1, 0.15) is 10.4 Å². The lowest BCUT2D eigenvalue weighted by Crippen LogP contribution is -2.12. The first-order valence-electron chi connectivity index (χ1n) is 8.23. The summed E-state index contributed by atoms with van der Waals surface area (Å²) in [5, 5.41) is 2.83. The van der Waals surface area contributed by atoms with Crippen molar-refractivity contribution in [3.63, 3.8) is 0 Å². The maximum Gasteiger partial charge on any atom is 0.255 e. The van der Waals surface area contributed by atoms with Gasteiger partial charge in [0.15, 0.2) is 9.84 Å². The number of para-hydroxylation sites is 2. The van der Waals surface area contributed by atoms with E-state index in [-0.39, 0.29) is 10.8 Å². The molecule has 0 heterocycles. The number of nitrogens with one attached hydrogen (secondary N) is 1. The van der Waals surface area contributed by atoms with Gasteiger partial charge in [0, 0.05) is 11.8 Å². The SMILES string of the molecule is COc1ccccc1NC(=O)c1cccc(-c2cccc(S(C)(=O)=O)c2)c1. The molecule has 0 saturated carbocycles. The van der Waals surface area contributed by atoms with Crippen molar-refractivity contribution in [2.45, 2.75) is 4.90 Å². The van der Waals surface area contributed by atoms with Crippen LogP contribution >= 0.6 is 0 Å². The lowest BCUT2D eigenvalue weighted by Gasteiger charge is -2.11. The van der Waals surface area contributed by atoms with Gasteiger partial charge in [-0.15, -0.1) is 0 Å². The Morgan fingerprint density at radius 1 is 0.889 bits per heavy atom. The van der Waals surface area contributed by atoms with Crippen molar-refractivity contribution < 1.29 is 17.9 Å². The molecule has 5 nitrogen and oxygen atoms in total. The first-order chi connectivity index (χ1) is 12.9. The zero-order chi connectivity index (χ0) is 19.4. The molecule has 0 atom stereocenters. The van der Waals surface area contributed by atoms with Gasteiger partial charge in [-0.25, -0.2) is 8.42 Å². The highest BCUT2D eigenvalue weighted by atomic mass is 32.2. The molecule has 0 fully saturated rings. The molecule has 3 rings (SSSR count). The minimum atomic E-state index is -3.30. The van der Waals surface area contributed by atoms with E-state index in [0.29, 0.717) is 17.0 Å². The second-order valence-corrected chi connectivity index (χ2v) is 8.05. The summed E-state index contributed by atoms with van der Waals surface area (Å²) >= 11 is 0. The summed E-state index contributed by atoms with van der Waals surface area (Å²) in [6, 6.07) is 20.8. The average molecular weight is 381 g/mol. The third kappa shape index (κ3) is 4.35. The van der Waals surface area contributed by atoms with Crippen molar-refractivity contribution in [3.05, 3.63) is 78.4 Å². The summed E-state index contributed by atoms with van der Waals surface area (Å²) in [5.41, 5.74) is 2.52. The van der Waals surface area contributed by atoms with Crippen molar-refractivity contribution in [1.82, 2.24) is 0 Å². The van der Waals surface area contributed by atoms with E-state index in [1.807, 2.05) is 24.3 Å². The zero-order valence-corrected chi connectivity index (χ0v) is 15.8. The Labute approximate surface area is 158 Å². The minimum absolute atomic E-state index is 0.240. The van der Waals surface area contributed by atoms with E-state index >= 15 is 0 Å². The largest absolute Gasteiger partial charge is 0.495 e. The molecule has 1 amide bonds. The molecule has 0 aliphatic carbocycles. The number of carbonyl (C=O) groups excluding carboxylic acids is 1. The van der Waals surface area contributed by atoms with Crippen LogP contribution in [0.15, 0.2) is 77.7 Å². The van der Waals surface area contributed by atoms with Crippen molar-refractivity contribution in [1.29, 1.82) is 0 Å². The highest BCUT2D eigenvalue weighted by Gasteiger charge is 2.12. The first kappa shape index (κ1) is 18.7. The Hall–Kier alpha value is -3.12. The molecule has 0 spiro atoms. The number of hydrogen-bond acceptors (Lipinski definition) is 4. The van der Waals surface area contributed by atoms with Crippen molar-refractivity contribution in [3.8, 4) is 16.9 Å². The van der Waals surface area contributed by atoms with Crippen LogP contribution in [-0.2, 0) is 9.84 Å². The molecule has 0 aliphatic rings. The third-order valence-corrected chi connectivity index (χ3v) is 5.19. The Balaban J connectivity index is 1.91. The fourth-order valence-corrected chi connectivity index (χ4v) is 3.36. The van der Waals surface area contributed by atoms with Crippen LogP contribution in [0.25, 0.3) is 11.1 Å². The smallest absolute Gasteiger partial charge is 0.255 e. The molecule has 6 heteroatoms. The summed E-state index contributed by atoms with van der Waals surface area (Å²) in [6.45, 7) is 0. The van der Waals surface area contributed by atoms with Crippen molar-refractivity contribution >= 4 is 21.4 Å². The summed E-state index contributed by atoms with van der Waals surface area (Å²) in [6.07, 6.45) is 1.17. The van der Waals surface area contributed by atoms with Gasteiger partial charge in [-0.1, -0.05) is 36.4 Å². The quantitative estimate of drug-likeness (QED) is 0.725. The van der Waals surface area contributed by atoms with E-state index in [2.05, 4.69) is 5.32 Å².